The molecule has 0 aliphatic carbocycles. The number of aromatic nitrogens is 3. The molecule has 0 saturated heterocycles. The predicted octanol–water partition coefficient (Wildman–Crippen LogP) is 3.19. The van der Waals surface area contributed by atoms with Crippen molar-refractivity contribution < 1.29 is 9.21 Å². The quantitative estimate of drug-likeness (QED) is 0.335. The van der Waals surface area contributed by atoms with Gasteiger partial charge in [-0.3, -0.25) is 4.79 Å². The van der Waals surface area contributed by atoms with Gasteiger partial charge in [-0.2, -0.15) is 10.1 Å². The second-order valence-corrected chi connectivity index (χ2v) is 6.43. The smallest absolute Gasteiger partial charge is 0.240 e. The summed E-state index contributed by atoms with van der Waals surface area (Å²) in [4.78, 5) is 16.2. The number of amides is 1. The third kappa shape index (κ3) is 4.96. The Morgan fingerprint density at radius 2 is 2.23 bits per heavy atom. The van der Waals surface area contributed by atoms with Crippen LogP contribution in [0.15, 0.2) is 51.3 Å². The van der Waals surface area contributed by atoms with Crippen molar-refractivity contribution >= 4 is 35.5 Å². The highest BCUT2D eigenvalue weighted by molar-refractivity contribution is 7.99. The van der Waals surface area contributed by atoms with E-state index in [9.17, 15) is 4.79 Å². The Balaban J connectivity index is 1.46. The lowest BCUT2D eigenvalue weighted by molar-refractivity contribution is -0.113. The maximum atomic E-state index is 12.0. The number of hydrogen-bond donors (Lipinski definition) is 3. The number of rotatable bonds is 7. The van der Waals surface area contributed by atoms with Crippen molar-refractivity contribution in [1.82, 2.24) is 15.2 Å². The molecule has 2 aromatic heterocycles. The highest BCUT2D eigenvalue weighted by Gasteiger charge is 2.08. The van der Waals surface area contributed by atoms with Crippen LogP contribution in [0.2, 0.25) is 0 Å². The Kier molecular flexibility index (Phi) is 5.69. The van der Waals surface area contributed by atoms with Gasteiger partial charge < -0.3 is 9.73 Å². The van der Waals surface area contributed by atoms with Crippen molar-refractivity contribution in [3.8, 4) is 0 Å². The van der Waals surface area contributed by atoms with E-state index < -0.39 is 0 Å². The Labute approximate surface area is 154 Å². The average molecular weight is 370 g/mol. The summed E-state index contributed by atoms with van der Waals surface area (Å²) >= 11 is 1.23. The van der Waals surface area contributed by atoms with Crippen molar-refractivity contribution in [1.29, 1.82) is 0 Å². The van der Waals surface area contributed by atoms with Crippen LogP contribution in [0.1, 0.15) is 16.9 Å². The molecule has 1 aromatic carbocycles. The molecule has 26 heavy (non-hydrogen) atoms. The van der Waals surface area contributed by atoms with Crippen LogP contribution in [0.3, 0.4) is 0 Å². The number of carbonyl (C=O) groups is 1. The van der Waals surface area contributed by atoms with E-state index in [2.05, 4.69) is 31.0 Å². The molecule has 0 aliphatic heterocycles. The molecule has 9 heteroatoms. The minimum absolute atomic E-state index is 0.117. The first-order valence-corrected chi connectivity index (χ1v) is 8.83. The summed E-state index contributed by atoms with van der Waals surface area (Å²) in [5, 5.41) is 14.0. The van der Waals surface area contributed by atoms with Crippen LogP contribution in [0.5, 0.6) is 0 Å². The summed E-state index contributed by atoms with van der Waals surface area (Å²) in [5.74, 6) is 1.09. The molecule has 0 saturated carbocycles. The van der Waals surface area contributed by atoms with E-state index in [1.54, 1.807) is 18.4 Å². The number of nitrogens with zero attached hydrogens (tertiary/aromatic N) is 3. The van der Waals surface area contributed by atoms with E-state index >= 15 is 0 Å². The molecule has 3 rings (SSSR count). The molecule has 0 radical (unpaired) electrons. The maximum Gasteiger partial charge on any atom is 0.240 e. The molecule has 0 atom stereocenters. The molecule has 0 fully saturated rings. The molecule has 0 aliphatic rings. The van der Waals surface area contributed by atoms with E-state index in [4.69, 9.17) is 4.42 Å². The molecule has 0 spiro atoms. The molecular weight excluding hydrogens is 352 g/mol. The number of thioether (sulfide) groups is 1. The van der Waals surface area contributed by atoms with E-state index in [0.29, 0.717) is 16.9 Å². The molecule has 134 valence electrons. The maximum absolute atomic E-state index is 12.0. The lowest BCUT2D eigenvalue weighted by atomic mass is 10.1. The number of hydrogen-bond acceptors (Lipinski definition) is 7. The van der Waals surface area contributed by atoms with Crippen LogP contribution in [0, 0.1) is 13.8 Å². The van der Waals surface area contributed by atoms with Crippen molar-refractivity contribution in [3.05, 3.63) is 53.5 Å². The first kappa shape index (κ1) is 17.7. The van der Waals surface area contributed by atoms with Gasteiger partial charge in [0.25, 0.3) is 0 Å². The lowest BCUT2D eigenvalue weighted by Crippen LogP contribution is -2.14. The molecule has 0 unspecified atom stereocenters. The standard InChI is InChI=1S/C17H18N6O2S/c1-11-5-6-13(8-12(11)2)19-15(24)10-26-17-20-16(22-23-17)21-18-9-14-4-3-7-25-14/h3-9H,10H2,1-2H3,(H,19,24)(H2,20,21,22,23)/b18-9-. The number of aromatic amines is 1. The molecular formula is C17H18N6O2S. The summed E-state index contributed by atoms with van der Waals surface area (Å²) in [5.41, 5.74) is 5.81. The van der Waals surface area contributed by atoms with Gasteiger partial charge in [-0.05, 0) is 49.2 Å². The van der Waals surface area contributed by atoms with Gasteiger partial charge in [0, 0.05) is 5.69 Å². The zero-order chi connectivity index (χ0) is 18.4. The number of furan rings is 1. The third-order valence-corrected chi connectivity index (χ3v) is 4.34. The summed E-state index contributed by atoms with van der Waals surface area (Å²) in [6, 6.07) is 9.36. The van der Waals surface area contributed by atoms with Gasteiger partial charge in [0.05, 0.1) is 18.2 Å². The Morgan fingerprint density at radius 3 is 3.00 bits per heavy atom. The van der Waals surface area contributed by atoms with Crippen molar-refractivity contribution in [3.63, 3.8) is 0 Å². The average Bonchev–Trinajstić information content (AvgIpc) is 3.28. The summed E-state index contributed by atoms with van der Waals surface area (Å²) in [6.45, 7) is 4.04. The zero-order valence-electron chi connectivity index (χ0n) is 14.3. The highest BCUT2D eigenvalue weighted by Crippen LogP contribution is 2.17. The zero-order valence-corrected chi connectivity index (χ0v) is 15.1. The van der Waals surface area contributed by atoms with Gasteiger partial charge >= 0.3 is 0 Å². The predicted molar refractivity (Wildman–Crippen MR) is 102 cm³/mol. The fraction of sp³-hybridized carbons (Fsp3) is 0.176. The van der Waals surface area contributed by atoms with Gasteiger partial charge in [-0.15, -0.1) is 5.10 Å². The topological polar surface area (TPSA) is 108 Å². The van der Waals surface area contributed by atoms with E-state index in [1.807, 2.05) is 32.0 Å². The van der Waals surface area contributed by atoms with Gasteiger partial charge in [0.1, 0.15) is 5.76 Å². The van der Waals surface area contributed by atoms with Gasteiger partial charge in [-0.25, -0.2) is 10.5 Å². The lowest BCUT2D eigenvalue weighted by Gasteiger charge is -2.06. The fourth-order valence-electron chi connectivity index (χ4n) is 2.03. The van der Waals surface area contributed by atoms with E-state index in [1.165, 1.54) is 23.5 Å². The summed E-state index contributed by atoms with van der Waals surface area (Å²) in [7, 11) is 0. The molecule has 1 amide bonds. The number of nitrogens with one attached hydrogen (secondary N) is 3. The Morgan fingerprint density at radius 1 is 1.35 bits per heavy atom. The number of carbonyl (C=O) groups excluding carboxylic acids is 1. The van der Waals surface area contributed by atoms with Gasteiger partial charge in [-0.1, -0.05) is 17.8 Å². The SMILES string of the molecule is Cc1ccc(NC(=O)CSc2n[nH]c(N/N=C\c3ccco3)n2)cc1C. The van der Waals surface area contributed by atoms with Crippen LogP contribution in [-0.2, 0) is 4.79 Å². The first-order chi connectivity index (χ1) is 12.6. The van der Waals surface area contributed by atoms with E-state index in [0.717, 1.165) is 11.3 Å². The molecule has 2 heterocycles. The molecule has 0 bridgehead atoms. The first-order valence-electron chi connectivity index (χ1n) is 7.85. The number of anilines is 2. The van der Waals surface area contributed by atoms with Crippen LogP contribution in [-0.4, -0.2) is 33.1 Å². The minimum atomic E-state index is -0.117. The van der Waals surface area contributed by atoms with Crippen molar-refractivity contribution in [2.75, 3.05) is 16.5 Å². The Hall–Kier alpha value is -3.07. The Bertz CT molecular complexity index is 904. The molecule has 3 N–H and O–H groups in total. The van der Waals surface area contributed by atoms with Crippen molar-refractivity contribution in [2.45, 2.75) is 19.0 Å². The van der Waals surface area contributed by atoms with Crippen LogP contribution >= 0.6 is 11.8 Å². The number of aryl methyl sites for hydroxylation is 2. The molecule has 8 nitrogen and oxygen atoms in total. The normalized spacial score (nSPS) is 11.0. The van der Waals surface area contributed by atoms with Crippen LogP contribution in [0.4, 0.5) is 11.6 Å². The second kappa shape index (κ2) is 8.34. The number of benzene rings is 1. The minimum Gasteiger partial charge on any atom is -0.463 e. The summed E-state index contributed by atoms with van der Waals surface area (Å²) in [6.07, 6.45) is 3.08. The largest absolute Gasteiger partial charge is 0.463 e. The monoisotopic (exact) mass is 370 g/mol. The second-order valence-electron chi connectivity index (χ2n) is 5.49. The van der Waals surface area contributed by atoms with Gasteiger partial charge in [0.15, 0.2) is 0 Å². The van der Waals surface area contributed by atoms with Crippen LogP contribution < -0.4 is 10.7 Å². The van der Waals surface area contributed by atoms with Gasteiger partial charge in [0.2, 0.25) is 17.0 Å². The molecule has 3 aromatic rings. The highest BCUT2D eigenvalue weighted by atomic mass is 32.2. The van der Waals surface area contributed by atoms with E-state index in [-0.39, 0.29) is 11.7 Å². The van der Waals surface area contributed by atoms with Crippen molar-refractivity contribution in [2.24, 2.45) is 5.10 Å². The fourth-order valence-corrected chi connectivity index (χ4v) is 2.63. The summed E-state index contributed by atoms with van der Waals surface area (Å²) < 4.78 is 5.12. The number of H-pyrrole nitrogens is 1. The van der Waals surface area contributed by atoms with Crippen LogP contribution in [0.25, 0.3) is 0 Å². The number of hydrazone groups is 1. The third-order valence-electron chi connectivity index (χ3n) is 3.49.